The van der Waals surface area contributed by atoms with Crippen LogP contribution in [0.3, 0.4) is 0 Å². The van der Waals surface area contributed by atoms with Crippen LogP contribution in [0.15, 0.2) is 230 Å². The Balaban J connectivity index is 0.971. The Morgan fingerprint density at radius 3 is 1.86 bits per heavy atom. The van der Waals surface area contributed by atoms with E-state index in [1.165, 1.54) is 0 Å². The summed E-state index contributed by atoms with van der Waals surface area (Å²) in [4.78, 5) is 4.88. The fraction of sp³-hybridized carbons (Fsp3) is 0.0769. The zero-order chi connectivity index (χ0) is 58.1. The highest BCUT2D eigenvalue weighted by Crippen LogP contribution is 2.40. The summed E-state index contributed by atoms with van der Waals surface area (Å²) in [5, 5.41) is 4.16. The molecule has 0 aliphatic carbocycles. The van der Waals surface area contributed by atoms with Crippen molar-refractivity contribution >= 4 is 54.6 Å². The Kier molecular flexibility index (Phi) is 7.42. The highest BCUT2D eigenvalue weighted by molar-refractivity contribution is 6.12. The number of nitrogens with zero attached hydrogens (tertiary/aromatic N) is 5. The smallest absolute Gasteiger partial charge is 0.269 e. The van der Waals surface area contributed by atoms with Crippen molar-refractivity contribution in [2.45, 2.75) is 27.1 Å². The molecule has 4 heterocycles. The van der Waals surface area contributed by atoms with Crippen LogP contribution in [0, 0.1) is 11.7 Å². The average molecular weight is 928 g/mol. The lowest BCUT2D eigenvalue weighted by molar-refractivity contribution is -0.571. The molecule has 0 unspecified atom stereocenters. The maximum Gasteiger partial charge on any atom is 0.269 e. The Bertz CT molecular complexity index is 4680. The van der Waals surface area contributed by atoms with Crippen molar-refractivity contribution in [3.63, 3.8) is 0 Å². The molecule has 0 aliphatic rings. The molecular weight excluding hydrogens is 867 g/mol. The minimum atomic E-state index is -1.70. The number of hydrogen-bond donors (Lipinski definition) is 0. The minimum absolute atomic E-state index is 0.137. The van der Waals surface area contributed by atoms with Crippen LogP contribution in [-0.2, 0) is 6.37 Å². The molecule has 0 fully saturated rings. The van der Waals surface area contributed by atoms with E-state index in [4.69, 9.17) is 23.4 Å². The van der Waals surface area contributed by atoms with Crippen molar-refractivity contribution in [3.05, 3.63) is 242 Å². The van der Waals surface area contributed by atoms with Gasteiger partial charge in [0.25, 0.3) is 6.33 Å². The van der Waals surface area contributed by atoms with E-state index < -0.39 is 72.2 Å². The van der Waals surface area contributed by atoms with Crippen molar-refractivity contribution in [1.29, 1.82) is 0 Å². The number of imidazole rings is 1. The van der Waals surface area contributed by atoms with Crippen molar-refractivity contribution in [1.82, 2.24) is 18.7 Å². The summed E-state index contributed by atoms with van der Waals surface area (Å²) in [6, 6.07) is 46.6. The van der Waals surface area contributed by atoms with Gasteiger partial charge in [0.2, 0.25) is 0 Å². The summed E-state index contributed by atoms with van der Waals surface area (Å²) in [6.07, 6.45) is 3.40. The van der Waals surface area contributed by atoms with Gasteiger partial charge in [0.1, 0.15) is 17.3 Å². The zero-order valence-electron chi connectivity index (χ0n) is 50.8. The average Bonchev–Trinajstić information content (AvgIpc) is 2.69. The molecule has 13 aromatic rings. The topological polar surface area (TPSA) is 40.8 Å². The van der Waals surface area contributed by atoms with Gasteiger partial charge in [-0.3, -0.25) is 13.7 Å². The van der Waals surface area contributed by atoms with Gasteiger partial charge < -0.3 is 9.30 Å². The third kappa shape index (κ3) is 7.43. The first kappa shape index (κ1) is 31.2. The molecule has 71 heavy (non-hydrogen) atoms. The molecule has 0 aliphatic heterocycles. The van der Waals surface area contributed by atoms with Crippen LogP contribution >= 0.6 is 0 Å². The highest BCUT2D eigenvalue weighted by Gasteiger charge is 2.22. The molecule has 0 bridgehead atoms. The van der Waals surface area contributed by atoms with Crippen LogP contribution in [-0.4, -0.2) is 18.7 Å². The van der Waals surface area contributed by atoms with Gasteiger partial charge in [-0.2, -0.15) is 0 Å². The van der Waals surface area contributed by atoms with E-state index >= 15 is 0 Å². The summed E-state index contributed by atoms with van der Waals surface area (Å²) >= 11 is 0. The SMILES string of the molecule is [2H]c1c([2H])c([2H])c(-c2cccc(-c3c([2H])c([2H])c([2H])c([2H])c3[2H])c2-[n+]2[c-]n(-c3cccc(Oc4ccc5c6cc(-n7c8ccccc8c8ccccc87)ccc6n(-c6cc(C([2H])([2H])C(C)(C)C)ccn6)c5c4)c3)c3ccccc32)c([2H])c1[2H]. The van der Waals surface area contributed by atoms with E-state index in [9.17, 15) is 2.74 Å². The van der Waals surface area contributed by atoms with Crippen molar-refractivity contribution in [2.24, 2.45) is 5.41 Å². The predicted molar refractivity (Wildman–Crippen MR) is 291 cm³/mol. The van der Waals surface area contributed by atoms with E-state index in [-0.39, 0.29) is 27.9 Å². The maximum absolute atomic E-state index is 9.23. The Hall–Kier alpha value is -9.00. The van der Waals surface area contributed by atoms with Gasteiger partial charge in [0, 0.05) is 42.2 Å². The first-order chi connectivity index (χ1) is 39.7. The second kappa shape index (κ2) is 16.9. The molecule has 6 heteroatoms. The Labute approximate surface area is 429 Å². The van der Waals surface area contributed by atoms with Gasteiger partial charge in [0.15, 0.2) is 0 Å². The molecule has 6 nitrogen and oxygen atoms in total. The molecule has 0 saturated carbocycles. The largest absolute Gasteiger partial charge is 0.458 e. The molecule has 0 N–H and O–H groups in total. The summed E-state index contributed by atoms with van der Waals surface area (Å²) in [7, 11) is 0. The molecule has 9 aromatic carbocycles. The third-order valence-electron chi connectivity index (χ3n) is 12.7. The van der Waals surface area contributed by atoms with Crippen LogP contribution in [0.4, 0.5) is 0 Å². The van der Waals surface area contributed by atoms with Crippen LogP contribution in [0.25, 0.3) is 99.8 Å². The van der Waals surface area contributed by atoms with Gasteiger partial charge in [0.05, 0.1) is 58.2 Å². The first-order valence-electron chi connectivity index (χ1n) is 29.3. The number of pyridine rings is 1. The lowest BCUT2D eigenvalue weighted by Gasteiger charge is -2.18. The fourth-order valence-corrected chi connectivity index (χ4v) is 9.89. The second-order valence-electron chi connectivity index (χ2n) is 18.4. The lowest BCUT2D eigenvalue weighted by Crippen LogP contribution is -2.31. The Morgan fingerprint density at radius 2 is 1.15 bits per heavy atom. The van der Waals surface area contributed by atoms with Crippen LogP contribution in [0.2, 0.25) is 0 Å². The van der Waals surface area contributed by atoms with Crippen LogP contribution < -0.4 is 9.30 Å². The molecule has 13 rings (SSSR count). The van der Waals surface area contributed by atoms with Crippen LogP contribution in [0.1, 0.15) is 42.8 Å². The van der Waals surface area contributed by atoms with E-state index in [1.54, 1.807) is 45.7 Å². The Morgan fingerprint density at radius 1 is 0.535 bits per heavy atom. The van der Waals surface area contributed by atoms with Gasteiger partial charge in [-0.25, -0.2) is 4.98 Å². The molecule has 0 atom stereocenters. The number of benzene rings is 9. The quantitative estimate of drug-likeness (QED) is 0.107. The number of aromatic nitrogens is 5. The predicted octanol–water partition coefficient (Wildman–Crippen LogP) is 16.0. The number of hydrogen-bond acceptors (Lipinski definition) is 2. The molecular formula is C65H49N5O. The van der Waals surface area contributed by atoms with Crippen molar-refractivity contribution < 1.29 is 25.8 Å². The molecule has 4 aromatic heterocycles. The number of rotatable bonds is 9. The molecule has 0 radical (unpaired) electrons. The summed E-state index contributed by atoms with van der Waals surface area (Å²) in [5.74, 6) is 1.48. The van der Waals surface area contributed by atoms with E-state index in [2.05, 4.69) is 65.5 Å². The summed E-state index contributed by atoms with van der Waals surface area (Å²) in [5.41, 5.74) is 6.38. The highest BCUT2D eigenvalue weighted by atomic mass is 16.5. The standard InChI is InChI=1S/C65H49N5O/c1-65(2,3)42-44-36-37-66-63(38-44)70-59-35-32-48(69-57-28-12-10-24-53(57)54-25-11-13-29-58(54)69)40-56(59)55-34-33-50(41-62(55)70)71-49-23-16-22-47(39-49)67-43-68(61-31-15-14-30-60(61)67)64-51(45-18-6-4-7-19-45)26-17-27-52(64)46-20-8-5-9-21-46/h4-41H,42H2,1-3H3/i4D,5D,6D,7D,8D,9D,18D,19D,20D,21D,42D2. The normalized spacial score (nSPS) is 14.5. The number of ether oxygens (including phenoxy) is 1. The maximum atomic E-state index is 9.23. The van der Waals surface area contributed by atoms with Gasteiger partial charge >= 0.3 is 0 Å². The van der Waals surface area contributed by atoms with Crippen molar-refractivity contribution in [3.8, 4) is 56.6 Å². The second-order valence-corrected chi connectivity index (χ2v) is 18.4. The van der Waals surface area contributed by atoms with Crippen molar-refractivity contribution in [2.75, 3.05) is 0 Å². The summed E-state index contributed by atoms with van der Waals surface area (Å²) in [6.45, 7) is 5.65. The van der Waals surface area contributed by atoms with Gasteiger partial charge in [-0.15, -0.1) is 0 Å². The zero-order valence-corrected chi connectivity index (χ0v) is 38.8. The van der Waals surface area contributed by atoms with Gasteiger partial charge in [-0.05, 0) is 112 Å². The minimum Gasteiger partial charge on any atom is -0.458 e. The van der Waals surface area contributed by atoms with E-state index in [1.807, 2.05) is 104 Å². The van der Waals surface area contributed by atoms with Crippen LogP contribution in [0.5, 0.6) is 11.5 Å². The number of para-hydroxylation sites is 5. The third-order valence-corrected chi connectivity index (χ3v) is 12.7. The summed E-state index contributed by atoms with van der Waals surface area (Å²) < 4.78 is 121. The molecule has 340 valence electrons. The van der Waals surface area contributed by atoms with Gasteiger partial charge in [-0.1, -0.05) is 166 Å². The molecule has 0 spiro atoms. The molecule has 0 saturated heterocycles. The number of fused-ring (bicyclic) bond motifs is 7. The van der Waals surface area contributed by atoms with E-state index in [0.29, 0.717) is 39.6 Å². The monoisotopic (exact) mass is 927 g/mol. The molecule has 0 amide bonds. The van der Waals surface area contributed by atoms with E-state index in [0.717, 1.165) is 49.3 Å². The fourth-order valence-electron chi connectivity index (χ4n) is 9.89. The first-order valence-corrected chi connectivity index (χ1v) is 23.3. The lowest BCUT2D eigenvalue weighted by atomic mass is 9.88.